The van der Waals surface area contributed by atoms with Crippen LogP contribution in [0.5, 0.6) is 0 Å². The zero-order valence-corrected chi connectivity index (χ0v) is 20.4. The van der Waals surface area contributed by atoms with Crippen molar-refractivity contribution in [1.82, 2.24) is 14.5 Å². The molecule has 2 amide bonds. The van der Waals surface area contributed by atoms with Crippen molar-refractivity contribution in [2.45, 2.75) is 34.2 Å². The number of rotatable bonds is 4. The molecule has 174 valence electrons. The van der Waals surface area contributed by atoms with Gasteiger partial charge in [-0.25, -0.2) is 0 Å². The molecule has 0 unspecified atom stereocenters. The van der Waals surface area contributed by atoms with Crippen molar-refractivity contribution in [1.29, 1.82) is 0 Å². The van der Waals surface area contributed by atoms with E-state index in [2.05, 4.69) is 61.5 Å². The van der Waals surface area contributed by atoms with Crippen LogP contribution < -0.4 is 0 Å². The van der Waals surface area contributed by atoms with Gasteiger partial charge in [0.25, 0.3) is 11.8 Å². The number of nitrogens with zero attached hydrogens (tertiary/aromatic N) is 3. The molecule has 2 aromatic heterocycles. The van der Waals surface area contributed by atoms with E-state index < -0.39 is 0 Å². The molecular weight excluding hydrogens is 434 g/mol. The van der Waals surface area contributed by atoms with Gasteiger partial charge >= 0.3 is 0 Å². The van der Waals surface area contributed by atoms with Crippen LogP contribution in [0.2, 0.25) is 0 Å². The molecule has 35 heavy (non-hydrogen) atoms. The Morgan fingerprint density at radius 1 is 0.800 bits per heavy atom. The number of imide groups is 1. The second-order valence-corrected chi connectivity index (χ2v) is 9.05. The molecular formula is C30H27N3O2. The largest absolute Gasteiger partial charge is 0.318 e. The van der Waals surface area contributed by atoms with E-state index in [4.69, 9.17) is 0 Å². The molecule has 4 aromatic rings. The first-order valence-corrected chi connectivity index (χ1v) is 11.7. The Bertz CT molecular complexity index is 1500. The van der Waals surface area contributed by atoms with Crippen LogP contribution in [0.15, 0.2) is 72.9 Å². The lowest BCUT2D eigenvalue weighted by Crippen LogP contribution is -2.41. The average molecular weight is 462 g/mol. The third-order valence-corrected chi connectivity index (χ3v) is 6.73. The molecule has 5 heteroatoms. The highest BCUT2D eigenvalue weighted by molar-refractivity contribution is 6.33. The predicted molar refractivity (Wildman–Crippen MR) is 138 cm³/mol. The standard InChI is InChI=1S/C30H27N3O2/c1-19-12-13-25(15-20(19)2)33-21(3)16-23(22(33)4)17-28-26-10-5-6-11-27(26)29(34)32(30(28)35)18-24-9-7-8-14-31-24/h5-17H,18H2,1-4H3/b28-17+. The number of pyridine rings is 1. The predicted octanol–water partition coefficient (Wildman–Crippen LogP) is 5.83. The monoisotopic (exact) mass is 461 g/mol. The molecule has 1 aliphatic heterocycles. The number of benzene rings is 2. The summed E-state index contributed by atoms with van der Waals surface area (Å²) in [6.45, 7) is 8.48. The van der Waals surface area contributed by atoms with Crippen molar-refractivity contribution in [3.05, 3.63) is 118 Å². The summed E-state index contributed by atoms with van der Waals surface area (Å²) in [6, 6.07) is 21.3. The molecule has 5 nitrogen and oxygen atoms in total. The van der Waals surface area contributed by atoms with Crippen molar-refractivity contribution in [2.24, 2.45) is 0 Å². The Morgan fingerprint density at radius 3 is 2.26 bits per heavy atom. The van der Waals surface area contributed by atoms with E-state index in [0.29, 0.717) is 22.4 Å². The number of amides is 2. The number of hydrogen-bond donors (Lipinski definition) is 0. The summed E-state index contributed by atoms with van der Waals surface area (Å²) in [4.78, 5) is 32.5. The lowest BCUT2D eigenvalue weighted by atomic mass is 9.92. The Morgan fingerprint density at radius 2 is 1.54 bits per heavy atom. The fraction of sp³-hybridized carbons (Fsp3) is 0.167. The molecule has 0 saturated heterocycles. The molecule has 0 radical (unpaired) electrons. The SMILES string of the molecule is Cc1ccc(-n2c(C)cc(/C=C3/C(=O)N(Cc4ccccn4)C(=O)c4ccccc43)c2C)cc1C. The first kappa shape index (κ1) is 22.5. The first-order chi connectivity index (χ1) is 16.8. The van der Waals surface area contributed by atoms with Crippen LogP contribution in [-0.4, -0.2) is 26.3 Å². The van der Waals surface area contributed by atoms with Crippen molar-refractivity contribution in [3.8, 4) is 5.69 Å². The van der Waals surface area contributed by atoms with Gasteiger partial charge in [0.1, 0.15) is 0 Å². The molecule has 2 aromatic carbocycles. The molecule has 0 aliphatic carbocycles. The molecule has 0 N–H and O–H groups in total. The Kier molecular flexibility index (Phi) is 5.69. The van der Waals surface area contributed by atoms with Crippen molar-refractivity contribution >= 4 is 23.5 Å². The number of fused-ring (bicyclic) bond motifs is 1. The summed E-state index contributed by atoms with van der Waals surface area (Å²) in [5, 5.41) is 0. The van der Waals surface area contributed by atoms with E-state index >= 15 is 0 Å². The van der Waals surface area contributed by atoms with E-state index in [1.807, 2.05) is 42.5 Å². The fourth-order valence-electron chi connectivity index (χ4n) is 4.69. The van der Waals surface area contributed by atoms with Gasteiger partial charge in [-0.2, -0.15) is 0 Å². The van der Waals surface area contributed by atoms with Crippen LogP contribution in [0.3, 0.4) is 0 Å². The minimum absolute atomic E-state index is 0.131. The normalized spacial score (nSPS) is 14.5. The molecule has 5 rings (SSSR count). The van der Waals surface area contributed by atoms with E-state index in [1.165, 1.54) is 16.0 Å². The van der Waals surface area contributed by atoms with Gasteiger partial charge in [-0.3, -0.25) is 19.5 Å². The molecule has 1 aliphatic rings. The molecule has 0 saturated carbocycles. The van der Waals surface area contributed by atoms with Gasteiger partial charge in [0.2, 0.25) is 0 Å². The summed E-state index contributed by atoms with van der Waals surface area (Å²) < 4.78 is 2.20. The second kappa shape index (κ2) is 8.84. The summed E-state index contributed by atoms with van der Waals surface area (Å²) in [5.74, 6) is -0.607. The van der Waals surface area contributed by atoms with Gasteiger partial charge < -0.3 is 4.57 Å². The minimum Gasteiger partial charge on any atom is -0.318 e. The highest BCUT2D eigenvalue weighted by atomic mass is 16.2. The van der Waals surface area contributed by atoms with E-state index in [-0.39, 0.29) is 18.4 Å². The van der Waals surface area contributed by atoms with Crippen molar-refractivity contribution in [3.63, 3.8) is 0 Å². The number of aromatic nitrogens is 2. The molecule has 0 spiro atoms. The zero-order valence-electron chi connectivity index (χ0n) is 20.4. The summed E-state index contributed by atoms with van der Waals surface area (Å²) in [5.41, 5.74) is 9.01. The topological polar surface area (TPSA) is 55.2 Å². The maximum absolute atomic E-state index is 13.7. The van der Waals surface area contributed by atoms with Crippen LogP contribution in [0, 0.1) is 27.7 Å². The third-order valence-electron chi connectivity index (χ3n) is 6.73. The smallest absolute Gasteiger partial charge is 0.261 e. The Labute approximate surface area is 205 Å². The molecule has 0 atom stereocenters. The Hall–Kier alpha value is -4.25. The lowest BCUT2D eigenvalue weighted by Gasteiger charge is -2.28. The third kappa shape index (κ3) is 3.99. The van der Waals surface area contributed by atoms with Crippen LogP contribution in [0.25, 0.3) is 17.3 Å². The van der Waals surface area contributed by atoms with Crippen LogP contribution in [0.4, 0.5) is 0 Å². The highest BCUT2D eigenvalue weighted by Gasteiger charge is 2.35. The van der Waals surface area contributed by atoms with E-state index in [0.717, 1.165) is 22.6 Å². The van der Waals surface area contributed by atoms with Gasteiger partial charge in [0.15, 0.2) is 0 Å². The summed E-state index contributed by atoms with van der Waals surface area (Å²) in [7, 11) is 0. The average Bonchev–Trinajstić information content (AvgIpc) is 3.14. The summed E-state index contributed by atoms with van der Waals surface area (Å²) >= 11 is 0. The quantitative estimate of drug-likeness (QED) is 0.284. The van der Waals surface area contributed by atoms with Crippen molar-refractivity contribution in [2.75, 3.05) is 0 Å². The van der Waals surface area contributed by atoms with E-state index in [9.17, 15) is 9.59 Å². The number of hydrogen-bond acceptors (Lipinski definition) is 3. The molecule has 0 fully saturated rings. The van der Waals surface area contributed by atoms with Gasteiger partial charge in [-0.05, 0) is 92.4 Å². The van der Waals surface area contributed by atoms with Crippen LogP contribution in [-0.2, 0) is 11.3 Å². The number of aryl methyl sites for hydroxylation is 3. The number of carbonyl (C=O) groups is 2. The minimum atomic E-state index is -0.310. The maximum atomic E-state index is 13.7. The van der Waals surface area contributed by atoms with Gasteiger partial charge in [0.05, 0.1) is 12.2 Å². The highest BCUT2D eigenvalue weighted by Crippen LogP contribution is 2.33. The fourth-order valence-corrected chi connectivity index (χ4v) is 4.69. The zero-order chi connectivity index (χ0) is 24.7. The summed E-state index contributed by atoms with van der Waals surface area (Å²) in [6.07, 6.45) is 3.58. The van der Waals surface area contributed by atoms with Gasteiger partial charge in [-0.1, -0.05) is 30.3 Å². The molecule has 0 bridgehead atoms. The number of carbonyl (C=O) groups excluding carboxylic acids is 2. The van der Waals surface area contributed by atoms with E-state index in [1.54, 1.807) is 12.3 Å². The van der Waals surface area contributed by atoms with Gasteiger partial charge in [0, 0.05) is 34.4 Å². The Balaban J connectivity index is 1.61. The van der Waals surface area contributed by atoms with Crippen LogP contribution >= 0.6 is 0 Å². The van der Waals surface area contributed by atoms with Gasteiger partial charge in [-0.15, -0.1) is 0 Å². The molecule has 3 heterocycles. The van der Waals surface area contributed by atoms with Crippen molar-refractivity contribution < 1.29 is 9.59 Å². The second-order valence-electron chi connectivity index (χ2n) is 9.05. The first-order valence-electron chi connectivity index (χ1n) is 11.7. The lowest BCUT2D eigenvalue weighted by molar-refractivity contribution is -0.123. The van der Waals surface area contributed by atoms with Crippen LogP contribution in [0.1, 0.15) is 49.7 Å². The maximum Gasteiger partial charge on any atom is 0.261 e.